The molecule has 3 aromatic rings. The van der Waals surface area contributed by atoms with Crippen LogP contribution in [-0.4, -0.2) is 29.0 Å². The summed E-state index contributed by atoms with van der Waals surface area (Å²) in [6.07, 6.45) is 1.32. The van der Waals surface area contributed by atoms with Gasteiger partial charge >= 0.3 is 0 Å². The van der Waals surface area contributed by atoms with E-state index in [9.17, 15) is 23.3 Å². The number of aryl methyl sites for hydroxylation is 1. The first-order valence-corrected chi connectivity index (χ1v) is 10.2. The Morgan fingerprint density at radius 1 is 1.14 bits per heavy atom. The lowest BCUT2D eigenvalue weighted by molar-refractivity contribution is -0.384. The molecule has 0 radical (unpaired) electrons. The molecule has 0 saturated heterocycles. The lowest BCUT2D eigenvalue weighted by Gasteiger charge is -2.09. The van der Waals surface area contributed by atoms with Crippen molar-refractivity contribution < 1.29 is 18.1 Å². The Morgan fingerprint density at radius 2 is 1.79 bits per heavy atom. The molecule has 10 heteroatoms. The van der Waals surface area contributed by atoms with E-state index in [1.807, 2.05) is 35.9 Å². The Hall–Kier alpha value is -3.53. The van der Waals surface area contributed by atoms with E-state index >= 15 is 0 Å². The second-order valence-electron chi connectivity index (χ2n) is 6.46. The Labute approximate surface area is 167 Å². The topological polar surface area (TPSA) is 124 Å². The van der Waals surface area contributed by atoms with E-state index in [2.05, 4.69) is 5.10 Å². The summed E-state index contributed by atoms with van der Waals surface area (Å²) in [5.41, 5.74) is 2.56. The van der Waals surface area contributed by atoms with Gasteiger partial charge < -0.3 is 0 Å². The van der Waals surface area contributed by atoms with Crippen LogP contribution in [0.2, 0.25) is 0 Å². The van der Waals surface area contributed by atoms with Gasteiger partial charge in [0.05, 0.1) is 33.8 Å². The van der Waals surface area contributed by atoms with Crippen LogP contribution in [0.5, 0.6) is 0 Å². The Morgan fingerprint density at radius 3 is 2.41 bits per heavy atom. The number of amides is 1. The maximum Gasteiger partial charge on any atom is 0.269 e. The van der Waals surface area contributed by atoms with E-state index in [-0.39, 0.29) is 11.3 Å². The summed E-state index contributed by atoms with van der Waals surface area (Å²) >= 11 is 0. The van der Waals surface area contributed by atoms with Gasteiger partial charge in [0.15, 0.2) is 0 Å². The number of benzene rings is 2. The van der Waals surface area contributed by atoms with Gasteiger partial charge in [-0.05, 0) is 31.0 Å². The number of carbonyl (C=O) groups is 1. The number of nitrogens with zero attached hydrogens (tertiary/aromatic N) is 3. The molecule has 1 N–H and O–H groups in total. The number of sulfonamides is 1. The molecule has 1 amide bonds. The summed E-state index contributed by atoms with van der Waals surface area (Å²) < 4.78 is 28.3. The van der Waals surface area contributed by atoms with E-state index in [0.717, 1.165) is 11.3 Å². The van der Waals surface area contributed by atoms with Crippen LogP contribution in [0.4, 0.5) is 5.69 Å². The summed E-state index contributed by atoms with van der Waals surface area (Å²) in [6, 6.07) is 12.6. The molecule has 0 fully saturated rings. The molecule has 0 aliphatic heterocycles. The average Bonchev–Trinajstić information content (AvgIpc) is 3.03. The number of nitrogens with one attached hydrogen (secondary N) is 1. The van der Waals surface area contributed by atoms with Crippen molar-refractivity contribution in [2.24, 2.45) is 0 Å². The first-order valence-electron chi connectivity index (χ1n) is 8.57. The molecule has 0 atom stereocenters. The first kappa shape index (κ1) is 20.2. The molecule has 9 nitrogen and oxygen atoms in total. The first-order chi connectivity index (χ1) is 13.7. The second kappa shape index (κ2) is 7.84. The fourth-order valence-electron chi connectivity index (χ4n) is 2.84. The Kier molecular flexibility index (Phi) is 5.46. The van der Waals surface area contributed by atoms with Crippen molar-refractivity contribution in [2.45, 2.75) is 19.6 Å². The third kappa shape index (κ3) is 4.49. The smallest absolute Gasteiger partial charge is 0.268 e. The van der Waals surface area contributed by atoms with Crippen LogP contribution in [-0.2, 0) is 15.8 Å². The van der Waals surface area contributed by atoms with Crippen LogP contribution >= 0.6 is 0 Å². The number of non-ortho nitro benzene ring substituents is 1. The molecule has 29 heavy (non-hydrogen) atoms. The number of hydrogen-bond donors (Lipinski definition) is 1. The summed E-state index contributed by atoms with van der Waals surface area (Å²) in [5.74, 6) is -1.27. The summed E-state index contributed by atoms with van der Waals surface area (Å²) in [7, 11) is -4.00. The van der Waals surface area contributed by atoms with Crippen molar-refractivity contribution in [3.8, 4) is 5.69 Å². The molecule has 2 aromatic carbocycles. The van der Waals surface area contributed by atoms with Crippen LogP contribution in [0.3, 0.4) is 0 Å². The number of nitro groups is 1. The molecular weight excluding hydrogens is 396 g/mol. The minimum Gasteiger partial charge on any atom is -0.268 e. The molecule has 0 aliphatic rings. The molecule has 0 spiro atoms. The van der Waals surface area contributed by atoms with Gasteiger partial charge in [-0.15, -0.1) is 0 Å². The average molecular weight is 414 g/mol. The normalized spacial score (nSPS) is 11.2. The van der Waals surface area contributed by atoms with Crippen LogP contribution in [0.1, 0.15) is 27.2 Å². The number of hydrogen-bond acceptors (Lipinski definition) is 6. The van der Waals surface area contributed by atoms with Gasteiger partial charge in [0.25, 0.3) is 11.6 Å². The number of carbonyl (C=O) groups excluding carboxylic acids is 1. The van der Waals surface area contributed by atoms with Crippen molar-refractivity contribution in [2.75, 3.05) is 0 Å². The summed E-state index contributed by atoms with van der Waals surface area (Å²) in [6.45, 7) is 3.59. The number of para-hydroxylation sites is 1. The molecule has 0 bridgehead atoms. The van der Waals surface area contributed by atoms with E-state index in [1.165, 1.54) is 30.5 Å². The fraction of sp³-hybridized carbons (Fsp3) is 0.158. The van der Waals surface area contributed by atoms with Crippen LogP contribution in [0.25, 0.3) is 5.69 Å². The third-order valence-electron chi connectivity index (χ3n) is 4.35. The lowest BCUT2D eigenvalue weighted by Crippen LogP contribution is -2.31. The molecule has 150 valence electrons. The van der Waals surface area contributed by atoms with Gasteiger partial charge in [-0.2, -0.15) is 5.10 Å². The zero-order chi connectivity index (χ0) is 21.2. The van der Waals surface area contributed by atoms with E-state index in [1.54, 1.807) is 11.6 Å². The number of nitro benzene ring substituents is 1. The molecule has 0 saturated carbocycles. The highest BCUT2D eigenvalue weighted by molar-refractivity contribution is 7.89. The second-order valence-corrected chi connectivity index (χ2v) is 8.18. The highest BCUT2D eigenvalue weighted by Crippen LogP contribution is 2.18. The molecule has 0 unspecified atom stereocenters. The zero-order valence-corrected chi connectivity index (χ0v) is 16.5. The van der Waals surface area contributed by atoms with Crippen molar-refractivity contribution in [3.63, 3.8) is 0 Å². The SMILES string of the molecule is Cc1ccccc1-n1ncc(C(=O)NS(=O)(=O)Cc2ccc([N+](=O)[O-])cc2)c1C. The largest absolute Gasteiger partial charge is 0.269 e. The van der Waals surface area contributed by atoms with E-state index in [0.29, 0.717) is 11.3 Å². The van der Waals surface area contributed by atoms with Crippen LogP contribution in [0, 0.1) is 24.0 Å². The quantitative estimate of drug-likeness (QED) is 0.488. The van der Waals surface area contributed by atoms with Crippen molar-refractivity contribution in [1.29, 1.82) is 0 Å². The molecule has 1 heterocycles. The predicted molar refractivity (Wildman–Crippen MR) is 106 cm³/mol. The minimum atomic E-state index is -4.00. The maximum absolute atomic E-state index is 12.5. The van der Waals surface area contributed by atoms with E-state index in [4.69, 9.17) is 0 Å². The monoisotopic (exact) mass is 414 g/mol. The standard InChI is InChI=1S/C19H18N4O5S/c1-13-5-3-4-6-18(13)22-14(2)17(11-20-22)19(24)21-29(27,28)12-15-7-9-16(10-8-15)23(25)26/h3-11H,12H2,1-2H3,(H,21,24). The van der Waals surface area contributed by atoms with Crippen molar-refractivity contribution in [1.82, 2.24) is 14.5 Å². The Balaban J connectivity index is 1.77. The molecule has 0 aliphatic carbocycles. The van der Waals surface area contributed by atoms with Gasteiger partial charge in [0.2, 0.25) is 10.0 Å². The Bertz CT molecular complexity index is 1180. The number of rotatable bonds is 6. The van der Waals surface area contributed by atoms with Crippen molar-refractivity contribution in [3.05, 3.63) is 87.2 Å². The van der Waals surface area contributed by atoms with Gasteiger partial charge in [-0.3, -0.25) is 14.9 Å². The highest BCUT2D eigenvalue weighted by atomic mass is 32.2. The number of aromatic nitrogens is 2. The van der Waals surface area contributed by atoms with Crippen LogP contribution in [0.15, 0.2) is 54.7 Å². The fourth-order valence-corrected chi connectivity index (χ4v) is 3.94. The third-order valence-corrected chi connectivity index (χ3v) is 5.56. The van der Waals surface area contributed by atoms with Crippen LogP contribution < -0.4 is 4.72 Å². The summed E-state index contributed by atoms with van der Waals surface area (Å²) in [4.78, 5) is 22.6. The van der Waals surface area contributed by atoms with Gasteiger partial charge in [0.1, 0.15) is 0 Å². The molecule has 3 rings (SSSR count). The van der Waals surface area contributed by atoms with Gasteiger partial charge in [-0.25, -0.2) is 17.8 Å². The lowest BCUT2D eigenvalue weighted by atomic mass is 10.2. The van der Waals surface area contributed by atoms with Gasteiger partial charge in [-0.1, -0.05) is 30.3 Å². The van der Waals surface area contributed by atoms with Gasteiger partial charge in [0, 0.05) is 12.1 Å². The summed E-state index contributed by atoms with van der Waals surface area (Å²) in [5, 5.41) is 14.9. The molecule has 1 aromatic heterocycles. The maximum atomic E-state index is 12.5. The van der Waals surface area contributed by atoms with E-state index < -0.39 is 26.6 Å². The van der Waals surface area contributed by atoms with Crippen molar-refractivity contribution >= 4 is 21.6 Å². The zero-order valence-electron chi connectivity index (χ0n) is 15.7. The minimum absolute atomic E-state index is 0.139. The molecular formula is C19H18N4O5S. The predicted octanol–water partition coefficient (Wildman–Crippen LogP) is 2.66. The highest BCUT2D eigenvalue weighted by Gasteiger charge is 2.21.